The van der Waals surface area contributed by atoms with E-state index in [4.69, 9.17) is 9.47 Å². The van der Waals surface area contributed by atoms with E-state index in [2.05, 4.69) is 0 Å². The zero-order chi connectivity index (χ0) is 18.0. The first-order chi connectivity index (χ1) is 12.0. The Morgan fingerprint density at radius 1 is 1.24 bits per heavy atom. The number of ether oxygens (including phenoxy) is 2. The maximum atomic E-state index is 12.4. The molecule has 1 atom stereocenters. The van der Waals surface area contributed by atoms with Gasteiger partial charge in [-0.1, -0.05) is 12.1 Å². The summed E-state index contributed by atoms with van der Waals surface area (Å²) in [6, 6.07) is 8.61. The Balaban J connectivity index is 1.63. The molecule has 0 fully saturated rings. The van der Waals surface area contributed by atoms with Gasteiger partial charge in [-0.05, 0) is 12.1 Å². The number of nitrogens with zero attached hydrogens (tertiary/aromatic N) is 3. The molecule has 2 aromatic rings. The molecule has 1 aliphatic rings. The van der Waals surface area contributed by atoms with Crippen molar-refractivity contribution in [3.63, 3.8) is 0 Å². The van der Waals surface area contributed by atoms with Gasteiger partial charge in [-0.25, -0.2) is 4.79 Å². The number of hydrogen-bond donors (Lipinski definition) is 0. The number of hydrogen-bond acceptors (Lipinski definition) is 5. The van der Waals surface area contributed by atoms with Crippen LogP contribution >= 0.6 is 0 Å². The summed E-state index contributed by atoms with van der Waals surface area (Å²) in [4.78, 5) is 37.2. The lowest BCUT2D eigenvalue weighted by molar-refractivity contribution is -0.132. The lowest BCUT2D eigenvalue weighted by Gasteiger charge is -2.29. The zero-order valence-electron chi connectivity index (χ0n) is 14.0. The Labute approximate surface area is 143 Å². The predicted molar refractivity (Wildman–Crippen MR) is 89.9 cm³/mol. The number of para-hydroxylation sites is 2. The minimum atomic E-state index is -0.527. The van der Waals surface area contributed by atoms with Crippen LogP contribution in [0.1, 0.15) is 0 Å². The van der Waals surface area contributed by atoms with Gasteiger partial charge in [0.25, 0.3) is 5.56 Å². The van der Waals surface area contributed by atoms with Crippen molar-refractivity contribution in [2.45, 2.75) is 12.6 Å². The molecule has 1 aliphatic heterocycles. The van der Waals surface area contributed by atoms with Crippen molar-refractivity contribution < 1.29 is 14.3 Å². The average Bonchev–Trinajstić information content (AvgIpc) is 2.62. The van der Waals surface area contributed by atoms with E-state index in [1.807, 2.05) is 24.3 Å². The quantitative estimate of drug-likeness (QED) is 0.769. The molecule has 8 heteroatoms. The monoisotopic (exact) mass is 345 g/mol. The first-order valence-electron chi connectivity index (χ1n) is 7.84. The maximum Gasteiger partial charge on any atom is 0.331 e. The SMILES string of the molecule is CN(C[C@H]1COc2ccccc2O1)C(=O)Cn1ccc(=O)n(C)c1=O. The smallest absolute Gasteiger partial charge is 0.331 e. The Hall–Kier alpha value is -3.03. The van der Waals surface area contributed by atoms with Crippen LogP contribution in [0, 0.1) is 0 Å². The van der Waals surface area contributed by atoms with Crippen LogP contribution in [-0.4, -0.2) is 46.2 Å². The molecule has 8 nitrogen and oxygen atoms in total. The third kappa shape index (κ3) is 3.57. The highest BCUT2D eigenvalue weighted by molar-refractivity contribution is 5.75. The van der Waals surface area contributed by atoms with Crippen LogP contribution in [0.25, 0.3) is 0 Å². The molecule has 0 bridgehead atoms. The number of rotatable bonds is 4. The number of carbonyl (C=O) groups is 1. The number of likely N-dealkylation sites (N-methyl/N-ethyl adjacent to an activating group) is 1. The minimum Gasteiger partial charge on any atom is -0.486 e. The summed E-state index contributed by atoms with van der Waals surface area (Å²) in [5, 5.41) is 0. The molecular weight excluding hydrogens is 326 g/mol. The molecule has 1 amide bonds. The second-order valence-electron chi connectivity index (χ2n) is 5.90. The third-order valence-electron chi connectivity index (χ3n) is 4.04. The predicted octanol–water partition coefficient (Wildman–Crippen LogP) is -0.155. The van der Waals surface area contributed by atoms with Crippen LogP contribution in [0.4, 0.5) is 0 Å². The zero-order valence-corrected chi connectivity index (χ0v) is 14.0. The number of aromatic nitrogens is 2. The first kappa shape index (κ1) is 16.8. The topological polar surface area (TPSA) is 82.8 Å². The Kier molecular flexibility index (Phi) is 4.60. The van der Waals surface area contributed by atoms with Crippen molar-refractivity contribution >= 4 is 5.91 Å². The largest absolute Gasteiger partial charge is 0.486 e. The van der Waals surface area contributed by atoms with E-state index >= 15 is 0 Å². The van der Waals surface area contributed by atoms with Crippen molar-refractivity contribution in [3.05, 3.63) is 57.4 Å². The van der Waals surface area contributed by atoms with Gasteiger partial charge in [-0.15, -0.1) is 0 Å². The number of amides is 1. The minimum absolute atomic E-state index is 0.145. The molecule has 0 unspecified atom stereocenters. The van der Waals surface area contributed by atoms with Crippen LogP contribution in [0.5, 0.6) is 11.5 Å². The fraction of sp³-hybridized carbons (Fsp3) is 0.353. The van der Waals surface area contributed by atoms with Crippen LogP contribution in [0.2, 0.25) is 0 Å². The molecule has 3 rings (SSSR count). The highest BCUT2D eigenvalue weighted by atomic mass is 16.6. The molecule has 0 N–H and O–H groups in total. The Morgan fingerprint density at radius 3 is 2.72 bits per heavy atom. The van der Waals surface area contributed by atoms with Gasteiger partial charge in [0.2, 0.25) is 5.91 Å². The lowest BCUT2D eigenvalue weighted by Crippen LogP contribution is -2.44. The van der Waals surface area contributed by atoms with Gasteiger partial charge >= 0.3 is 5.69 Å². The molecule has 0 saturated carbocycles. The summed E-state index contributed by atoms with van der Waals surface area (Å²) in [6.07, 6.45) is 1.04. The first-order valence-corrected chi connectivity index (χ1v) is 7.84. The van der Waals surface area contributed by atoms with Gasteiger partial charge in [-0.3, -0.25) is 18.7 Å². The van der Waals surface area contributed by atoms with E-state index in [9.17, 15) is 14.4 Å². The number of benzene rings is 1. The summed E-state index contributed by atoms with van der Waals surface area (Å²) in [5.41, 5.74) is -0.936. The second kappa shape index (κ2) is 6.84. The van der Waals surface area contributed by atoms with Gasteiger partial charge in [0.1, 0.15) is 13.2 Å². The highest BCUT2D eigenvalue weighted by Crippen LogP contribution is 2.30. The molecule has 0 radical (unpaired) electrons. The van der Waals surface area contributed by atoms with E-state index in [1.54, 1.807) is 7.05 Å². The van der Waals surface area contributed by atoms with Crippen molar-refractivity contribution in [1.82, 2.24) is 14.0 Å². The van der Waals surface area contributed by atoms with E-state index in [1.165, 1.54) is 28.8 Å². The van der Waals surface area contributed by atoms with Crippen LogP contribution in [0.3, 0.4) is 0 Å². The lowest BCUT2D eigenvalue weighted by atomic mass is 10.2. The standard InChI is InChI=1S/C17H19N3O5/c1-18(9-12-11-24-13-5-3-4-6-14(13)25-12)16(22)10-20-8-7-15(21)19(2)17(20)23/h3-8,12H,9-11H2,1-2H3/t12-/m0/s1. The molecule has 25 heavy (non-hydrogen) atoms. The van der Waals surface area contributed by atoms with Gasteiger partial charge < -0.3 is 14.4 Å². The highest BCUT2D eigenvalue weighted by Gasteiger charge is 2.23. The molecular formula is C17H19N3O5. The molecule has 2 heterocycles. The molecule has 1 aromatic heterocycles. The Morgan fingerprint density at radius 2 is 1.96 bits per heavy atom. The van der Waals surface area contributed by atoms with Crippen molar-refractivity contribution in [2.75, 3.05) is 20.2 Å². The normalized spacial score (nSPS) is 15.7. The average molecular weight is 345 g/mol. The van der Waals surface area contributed by atoms with Crippen LogP contribution < -0.4 is 20.7 Å². The molecule has 1 aromatic carbocycles. The van der Waals surface area contributed by atoms with Gasteiger partial charge in [0.05, 0.1) is 6.54 Å². The van der Waals surface area contributed by atoms with E-state index < -0.39 is 11.2 Å². The molecule has 0 spiro atoms. The Bertz CT molecular complexity index is 902. The molecule has 0 saturated heterocycles. The fourth-order valence-electron chi connectivity index (χ4n) is 2.56. The van der Waals surface area contributed by atoms with Crippen molar-refractivity contribution in [3.8, 4) is 11.5 Å². The number of fused-ring (bicyclic) bond motifs is 1. The summed E-state index contributed by atoms with van der Waals surface area (Å²) < 4.78 is 13.6. The summed E-state index contributed by atoms with van der Waals surface area (Å²) in [7, 11) is 3.01. The number of carbonyl (C=O) groups excluding carboxylic acids is 1. The van der Waals surface area contributed by atoms with Gasteiger partial charge in [0, 0.05) is 26.4 Å². The fourth-order valence-corrected chi connectivity index (χ4v) is 2.56. The third-order valence-corrected chi connectivity index (χ3v) is 4.04. The van der Waals surface area contributed by atoms with Gasteiger partial charge in [0.15, 0.2) is 17.6 Å². The van der Waals surface area contributed by atoms with Crippen LogP contribution in [0.15, 0.2) is 46.1 Å². The summed E-state index contributed by atoms with van der Waals surface area (Å²) in [6.45, 7) is 0.524. The molecule has 132 valence electrons. The van der Waals surface area contributed by atoms with E-state index in [0.717, 1.165) is 4.57 Å². The second-order valence-corrected chi connectivity index (χ2v) is 5.90. The van der Waals surface area contributed by atoms with Gasteiger partial charge in [-0.2, -0.15) is 0 Å². The van der Waals surface area contributed by atoms with Crippen molar-refractivity contribution in [1.29, 1.82) is 0 Å². The summed E-state index contributed by atoms with van der Waals surface area (Å²) in [5.74, 6) is 1.07. The maximum absolute atomic E-state index is 12.4. The molecule has 0 aliphatic carbocycles. The van der Waals surface area contributed by atoms with E-state index in [0.29, 0.717) is 24.7 Å². The van der Waals surface area contributed by atoms with Crippen LogP contribution in [-0.2, 0) is 18.4 Å². The van der Waals surface area contributed by atoms with E-state index in [-0.39, 0.29) is 18.6 Å². The van der Waals surface area contributed by atoms with Crippen molar-refractivity contribution in [2.24, 2.45) is 7.05 Å². The summed E-state index contributed by atoms with van der Waals surface area (Å²) >= 11 is 0.